The van der Waals surface area contributed by atoms with E-state index in [-0.39, 0.29) is 13.4 Å². The van der Waals surface area contributed by atoms with Crippen molar-refractivity contribution in [3.8, 4) is 0 Å². The first kappa shape index (κ1) is 31.1. The molecule has 3 N–H and O–H groups in total. The van der Waals surface area contributed by atoms with Crippen molar-refractivity contribution in [1.82, 2.24) is 19.7 Å². The van der Waals surface area contributed by atoms with Gasteiger partial charge in [0.05, 0.1) is 18.8 Å². The summed E-state index contributed by atoms with van der Waals surface area (Å²) < 4.78 is 48.7. The van der Waals surface area contributed by atoms with E-state index in [1.807, 2.05) is 0 Å². The molecule has 0 bridgehead atoms. The molecule has 2 saturated heterocycles. The standard InChI is InChI=1S/C23H37N4O11P/c1-12(2)36-19(29)14(5)25-39(32,26-15(6)20(30)37-13(3)4)35-10-16-18-23(7,34-11-33-18)21(38-16)27-9-8-17(28)24-22(27)31/h8-9,12-16,18,21H,10-11H2,1-7H3,(H,24,28,31)(H2,25,26,32)/t14-,15-,16+,18+,21+,23+/m0/s1. The minimum atomic E-state index is -4.14. The number of nitrogens with zero attached hydrogens (tertiary/aromatic N) is 1. The number of fused-ring (bicyclic) bond motifs is 1. The maximum Gasteiger partial charge on any atom is 0.342 e. The lowest BCUT2D eigenvalue weighted by molar-refractivity contribution is -0.149. The van der Waals surface area contributed by atoms with Crippen LogP contribution < -0.4 is 21.4 Å². The molecule has 3 rings (SSSR count). The van der Waals surface area contributed by atoms with Gasteiger partial charge in [-0.05, 0) is 48.5 Å². The van der Waals surface area contributed by atoms with E-state index >= 15 is 0 Å². The maximum absolute atomic E-state index is 13.9. The summed E-state index contributed by atoms with van der Waals surface area (Å²) >= 11 is 0. The molecule has 2 aliphatic heterocycles. The summed E-state index contributed by atoms with van der Waals surface area (Å²) in [5.74, 6) is -1.36. The molecule has 15 nitrogen and oxygen atoms in total. The molecule has 0 spiro atoms. The van der Waals surface area contributed by atoms with Crippen molar-refractivity contribution in [2.75, 3.05) is 13.4 Å². The smallest absolute Gasteiger partial charge is 0.342 e. The third-order valence-electron chi connectivity index (χ3n) is 5.98. The van der Waals surface area contributed by atoms with Crippen molar-refractivity contribution in [1.29, 1.82) is 0 Å². The lowest BCUT2D eigenvalue weighted by Crippen LogP contribution is -2.45. The van der Waals surface area contributed by atoms with Gasteiger partial charge in [0, 0.05) is 12.3 Å². The van der Waals surface area contributed by atoms with Crippen LogP contribution in [0.3, 0.4) is 0 Å². The highest BCUT2D eigenvalue weighted by atomic mass is 31.2. The SMILES string of the molecule is CC(C)OC(=O)[C@H](C)NP(=O)(N[C@@H](C)C(=O)OC(C)C)OC[C@H]1O[C@@H](n2ccc(=O)[nH]c2=O)[C@]2(C)OCO[C@H]12. The highest BCUT2D eigenvalue weighted by Crippen LogP contribution is 2.47. The molecule has 2 aliphatic rings. The summed E-state index contributed by atoms with van der Waals surface area (Å²) in [5, 5.41) is 5.21. The van der Waals surface area contributed by atoms with Crippen LogP contribution in [0.15, 0.2) is 21.9 Å². The van der Waals surface area contributed by atoms with Crippen LogP contribution >= 0.6 is 7.67 Å². The van der Waals surface area contributed by atoms with Crippen molar-refractivity contribution in [3.63, 3.8) is 0 Å². The molecule has 0 aliphatic carbocycles. The molecular weight excluding hydrogens is 539 g/mol. The van der Waals surface area contributed by atoms with Crippen LogP contribution in [0.25, 0.3) is 0 Å². The van der Waals surface area contributed by atoms with Crippen LogP contribution in [-0.2, 0) is 42.4 Å². The van der Waals surface area contributed by atoms with E-state index in [0.29, 0.717) is 0 Å². The van der Waals surface area contributed by atoms with Gasteiger partial charge < -0.3 is 28.2 Å². The Balaban J connectivity index is 1.81. The topological polar surface area (TPSA) is 186 Å². The first-order chi connectivity index (χ1) is 18.1. The van der Waals surface area contributed by atoms with Gasteiger partial charge in [-0.2, -0.15) is 0 Å². The molecular formula is C23H37N4O11P. The number of aromatic amines is 1. The first-order valence-electron chi connectivity index (χ1n) is 12.6. The summed E-state index contributed by atoms with van der Waals surface area (Å²) in [6.07, 6.45) is -2.20. The lowest BCUT2D eigenvalue weighted by atomic mass is 9.96. The molecule has 0 aromatic carbocycles. The third-order valence-corrected chi connectivity index (χ3v) is 7.94. The van der Waals surface area contributed by atoms with Crippen molar-refractivity contribution in [2.24, 2.45) is 0 Å². The second-order valence-corrected chi connectivity index (χ2v) is 12.0. The average molecular weight is 577 g/mol. The van der Waals surface area contributed by atoms with E-state index < -0.39 is 79.2 Å². The van der Waals surface area contributed by atoms with Gasteiger partial charge >= 0.3 is 25.3 Å². The predicted molar refractivity (Wildman–Crippen MR) is 136 cm³/mol. The van der Waals surface area contributed by atoms with Crippen molar-refractivity contribution in [2.45, 2.75) is 96.8 Å². The number of hydrogen-bond acceptors (Lipinski definition) is 11. The predicted octanol–water partition coefficient (Wildman–Crippen LogP) is 0.550. The Morgan fingerprint density at radius 2 is 1.67 bits per heavy atom. The Bertz CT molecular complexity index is 1170. The summed E-state index contributed by atoms with van der Waals surface area (Å²) in [6, 6.07) is -0.986. The monoisotopic (exact) mass is 576 g/mol. The highest BCUT2D eigenvalue weighted by molar-refractivity contribution is 7.54. The lowest BCUT2D eigenvalue weighted by Gasteiger charge is -2.28. The molecule has 39 heavy (non-hydrogen) atoms. The van der Waals surface area contributed by atoms with E-state index in [2.05, 4.69) is 15.2 Å². The van der Waals surface area contributed by atoms with Crippen LogP contribution in [0, 0.1) is 0 Å². The molecule has 6 atom stereocenters. The van der Waals surface area contributed by atoms with Crippen LogP contribution in [0.2, 0.25) is 0 Å². The van der Waals surface area contributed by atoms with Crippen molar-refractivity contribution in [3.05, 3.63) is 33.1 Å². The molecule has 3 heterocycles. The quantitative estimate of drug-likeness (QED) is 0.232. The van der Waals surface area contributed by atoms with Gasteiger partial charge in [-0.15, -0.1) is 0 Å². The number of ether oxygens (including phenoxy) is 5. The van der Waals surface area contributed by atoms with Gasteiger partial charge in [0.15, 0.2) is 6.23 Å². The van der Waals surface area contributed by atoms with E-state index in [4.69, 9.17) is 28.2 Å². The fraction of sp³-hybridized carbons (Fsp3) is 0.739. The van der Waals surface area contributed by atoms with Gasteiger partial charge in [0.2, 0.25) is 0 Å². The van der Waals surface area contributed by atoms with E-state index in [1.165, 1.54) is 26.1 Å². The molecule has 0 unspecified atom stereocenters. The molecule has 220 valence electrons. The van der Waals surface area contributed by atoms with Gasteiger partial charge in [0.1, 0.15) is 36.7 Å². The highest BCUT2D eigenvalue weighted by Gasteiger charge is 2.60. The largest absolute Gasteiger partial charge is 0.462 e. The summed E-state index contributed by atoms with van der Waals surface area (Å²) in [4.78, 5) is 51.0. The number of carbonyl (C=O) groups excluding carboxylic acids is 2. The molecule has 1 aromatic rings. The molecule has 2 fully saturated rings. The van der Waals surface area contributed by atoms with Gasteiger partial charge in [-0.3, -0.25) is 28.5 Å². The van der Waals surface area contributed by atoms with Crippen LogP contribution in [-0.4, -0.2) is 77.0 Å². The van der Waals surface area contributed by atoms with Gasteiger partial charge in [0.25, 0.3) is 5.56 Å². The van der Waals surface area contributed by atoms with Gasteiger partial charge in [-0.25, -0.2) is 15.0 Å². The number of carbonyl (C=O) groups is 2. The minimum Gasteiger partial charge on any atom is -0.462 e. The summed E-state index contributed by atoms with van der Waals surface area (Å²) in [7, 11) is -4.14. The number of nitrogens with one attached hydrogen (secondary N) is 3. The van der Waals surface area contributed by atoms with E-state index in [1.54, 1.807) is 34.6 Å². The number of rotatable bonds is 12. The Hall–Kier alpha value is -2.39. The zero-order valence-corrected chi connectivity index (χ0v) is 23.9. The Morgan fingerprint density at radius 1 is 1.10 bits per heavy atom. The average Bonchev–Trinajstić information content (AvgIpc) is 3.32. The number of esters is 2. The normalized spacial score (nSPS) is 26.4. The summed E-state index contributed by atoms with van der Waals surface area (Å²) in [5.41, 5.74) is -2.44. The maximum atomic E-state index is 13.9. The number of H-pyrrole nitrogens is 1. The number of aromatic nitrogens is 2. The fourth-order valence-electron chi connectivity index (χ4n) is 4.20. The molecule has 16 heteroatoms. The van der Waals surface area contributed by atoms with Crippen LogP contribution in [0.4, 0.5) is 0 Å². The Morgan fingerprint density at radius 3 is 2.18 bits per heavy atom. The fourth-order valence-corrected chi connectivity index (χ4v) is 6.01. The zero-order valence-electron chi connectivity index (χ0n) is 23.0. The van der Waals surface area contributed by atoms with E-state index in [0.717, 1.165) is 4.57 Å². The second kappa shape index (κ2) is 12.4. The Kier molecular flexibility index (Phi) is 9.92. The molecule has 0 radical (unpaired) electrons. The molecule has 0 amide bonds. The Labute approximate surface area is 225 Å². The van der Waals surface area contributed by atoms with Crippen molar-refractivity contribution >= 4 is 19.6 Å². The third kappa shape index (κ3) is 7.42. The zero-order chi connectivity index (χ0) is 29.1. The minimum absolute atomic E-state index is 0.0973. The summed E-state index contributed by atoms with van der Waals surface area (Å²) in [6.45, 7) is 10.8. The van der Waals surface area contributed by atoms with Crippen molar-refractivity contribution < 1.29 is 42.4 Å². The molecule has 0 saturated carbocycles. The van der Waals surface area contributed by atoms with E-state index in [9.17, 15) is 23.7 Å². The number of hydrogen-bond donors (Lipinski definition) is 3. The second-order valence-electron chi connectivity index (χ2n) is 10.1. The van der Waals surface area contributed by atoms with Crippen LogP contribution in [0.5, 0.6) is 0 Å². The first-order valence-corrected chi connectivity index (χ1v) is 14.2. The molecule has 1 aromatic heterocycles. The van der Waals surface area contributed by atoms with Gasteiger partial charge in [-0.1, -0.05) is 0 Å². The van der Waals surface area contributed by atoms with Crippen LogP contribution in [0.1, 0.15) is 54.7 Å².